The fraction of sp³-hybridized carbons (Fsp3) is 0.333. The van der Waals surface area contributed by atoms with Crippen molar-refractivity contribution in [2.45, 2.75) is 19.8 Å². The molecule has 0 aliphatic carbocycles. The third kappa shape index (κ3) is 1.50. The third-order valence-electron chi connectivity index (χ3n) is 1.52. The van der Waals surface area contributed by atoms with Gasteiger partial charge in [-0.15, -0.1) is 5.75 Å². The number of rotatable bonds is 1. The minimum atomic E-state index is 0.103. The number of hydrogen-bond donors (Lipinski definition) is 0. The maximum Gasteiger partial charge on any atom is -0.0219 e. The Morgan fingerprint density at radius 1 is 1.30 bits per heavy atom. The van der Waals surface area contributed by atoms with Crippen molar-refractivity contribution < 1.29 is 5.11 Å². The van der Waals surface area contributed by atoms with Gasteiger partial charge in [0.15, 0.2) is 0 Å². The van der Waals surface area contributed by atoms with Crippen LogP contribution in [-0.4, -0.2) is 0 Å². The summed E-state index contributed by atoms with van der Waals surface area (Å²) in [6, 6.07) is 7.04. The van der Waals surface area contributed by atoms with E-state index >= 15 is 0 Å². The van der Waals surface area contributed by atoms with Gasteiger partial charge in [-0.1, -0.05) is 38.1 Å². The van der Waals surface area contributed by atoms with Crippen LogP contribution in [-0.2, 0) is 0 Å². The molecule has 1 aromatic carbocycles. The first-order valence-corrected chi connectivity index (χ1v) is 3.47. The lowest BCUT2D eigenvalue weighted by Gasteiger charge is -2.09. The van der Waals surface area contributed by atoms with E-state index < -0.39 is 0 Å². The maximum atomic E-state index is 10.8. The van der Waals surface area contributed by atoms with E-state index in [0.29, 0.717) is 5.92 Å². The van der Waals surface area contributed by atoms with E-state index in [1.165, 1.54) is 0 Å². The lowest BCUT2D eigenvalue weighted by atomic mass is 10.0. The molecule has 1 heteroatoms. The maximum absolute atomic E-state index is 10.8. The summed E-state index contributed by atoms with van der Waals surface area (Å²) in [7, 11) is 0. The first-order chi connectivity index (χ1) is 4.70. The molecule has 0 unspecified atom stereocenters. The summed E-state index contributed by atoms with van der Waals surface area (Å²) in [5.41, 5.74) is 1.12. The summed E-state index contributed by atoms with van der Waals surface area (Å²) in [5.74, 6) is 0.556. The van der Waals surface area contributed by atoms with E-state index in [2.05, 4.69) is 13.8 Å². The Labute approximate surface area is 61.3 Å². The SMILES string of the molecule is CC(C)c1cccc([O-])c1. The first-order valence-electron chi connectivity index (χ1n) is 3.47. The Morgan fingerprint density at radius 2 is 2.00 bits per heavy atom. The zero-order chi connectivity index (χ0) is 7.56. The van der Waals surface area contributed by atoms with Crippen LogP contribution in [0, 0.1) is 0 Å². The molecule has 0 heterocycles. The van der Waals surface area contributed by atoms with Crippen molar-refractivity contribution in [2.24, 2.45) is 0 Å². The van der Waals surface area contributed by atoms with Gasteiger partial charge in [0, 0.05) is 0 Å². The summed E-state index contributed by atoms with van der Waals surface area (Å²) < 4.78 is 0. The zero-order valence-corrected chi connectivity index (χ0v) is 6.29. The predicted octanol–water partition coefficient (Wildman–Crippen LogP) is 1.88. The molecule has 0 amide bonds. The molecule has 10 heavy (non-hydrogen) atoms. The van der Waals surface area contributed by atoms with Crippen LogP contribution in [0.3, 0.4) is 0 Å². The molecular formula is C9H11O-. The highest BCUT2D eigenvalue weighted by molar-refractivity contribution is 5.27. The Bertz CT molecular complexity index is 216. The fourth-order valence-electron chi connectivity index (χ4n) is 0.874. The van der Waals surface area contributed by atoms with Crippen molar-refractivity contribution in [1.82, 2.24) is 0 Å². The van der Waals surface area contributed by atoms with Crippen LogP contribution >= 0.6 is 0 Å². The van der Waals surface area contributed by atoms with Gasteiger partial charge >= 0.3 is 0 Å². The molecule has 0 aliphatic heterocycles. The summed E-state index contributed by atoms with van der Waals surface area (Å²) in [6.07, 6.45) is 0. The highest BCUT2D eigenvalue weighted by Crippen LogP contribution is 2.16. The van der Waals surface area contributed by atoms with Crippen LogP contribution in [0.2, 0.25) is 0 Å². The first kappa shape index (κ1) is 7.13. The van der Waals surface area contributed by atoms with Crippen LogP contribution in [0.4, 0.5) is 0 Å². The van der Waals surface area contributed by atoms with E-state index in [-0.39, 0.29) is 5.75 Å². The standard InChI is InChI=1S/C9H12O/c1-7(2)8-4-3-5-9(10)6-8/h3-7,10H,1-2H3/p-1. The topological polar surface area (TPSA) is 23.1 Å². The lowest BCUT2D eigenvalue weighted by molar-refractivity contribution is -0.268. The molecule has 54 valence electrons. The van der Waals surface area contributed by atoms with E-state index in [1.54, 1.807) is 18.2 Å². The van der Waals surface area contributed by atoms with E-state index in [0.717, 1.165) is 5.56 Å². The monoisotopic (exact) mass is 135 g/mol. The molecule has 0 aromatic heterocycles. The van der Waals surface area contributed by atoms with Crippen molar-refractivity contribution in [3.05, 3.63) is 29.8 Å². The summed E-state index contributed by atoms with van der Waals surface area (Å²) in [6.45, 7) is 4.16. The smallest absolute Gasteiger partial charge is 0.0219 e. The quantitative estimate of drug-likeness (QED) is 0.576. The van der Waals surface area contributed by atoms with Gasteiger partial charge in [0.25, 0.3) is 0 Å². The van der Waals surface area contributed by atoms with Gasteiger partial charge < -0.3 is 5.11 Å². The normalized spacial score (nSPS) is 10.3. The van der Waals surface area contributed by atoms with E-state index in [1.807, 2.05) is 6.07 Å². The molecule has 0 bridgehead atoms. The minimum Gasteiger partial charge on any atom is -0.872 e. The van der Waals surface area contributed by atoms with Crippen LogP contribution in [0.1, 0.15) is 25.3 Å². The van der Waals surface area contributed by atoms with Gasteiger partial charge in [-0.2, -0.15) is 0 Å². The fourth-order valence-corrected chi connectivity index (χ4v) is 0.874. The zero-order valence-electron chi connectivity index (χ0n) is 6.29. The summed E-state index contributed by atoms with van der Waals surface area (Å²) in [4.78, 5) is 0. The number of benzene rings is 1. The van der Waals surface area contributed by atoms with Gasteiger partial charge in [-0.3, -0.25) is 0 Å². The number of hydrogen-bond acceptors (Lipinski definition) is 1. The highest BCUT2D eigenvalue weighted by Gasteiger charge is 1.94. The minimum absolute atomic E-state index is 0.103. The molecule has 1 aromatic rings. The Morgan fingerprint density at radius 3 is 2.40 bits per heavy atom. The Hall–Kier alpha value is -0.980. The largest absolute Gasteiger partial charge is 0.872 e. The Kier molecular flexibility index (Phi) is 1.95. The second-order valence-electron chi connectivity index (χ2n) is 2.73. The van der Waals surface area contributed by atoms with Crippen molar-refractivity contribution in [3.8, 4) is 5.75 Å². The van der Waals surface area contributed by atoms with E-state index in [9.17, 15) is 5.11 Å². The Balaban J connectivity index is 2.96. The molecule has 0 atom stereocenters. The van der Waals surface area contributed by atoms with Gasteiger partial charge in [-0.05, 0) is 11.5 Å². The molecule has 1 rings (SSSR count). The van der Waals surface area contributed by atoms with Crippen LogP contribution < -0.4 is 5.11 Å². The second kappa shape index (κ2) is 2.74. The third-order valence-corrected chi connectivity index (χ3v) is 1.52. The van der Waals surface area contributed by atoms with Gasteiger partial charge in [0.2, 0.25) is 0 Å². The summed E-state index contributed by atoms with van der Waals surface area (Å²) in [5, 5.41) is 10.8. The molecule has 0 saturated heterocycles. The van der Waals surface area contributed by atoms with Crippen molar-refractivity contribution in [2.75, 3.05) is 0 Å². The van der Waals surface area contributed by atoms with Crippen molar-refractivity contribution >= 4 is 0 Å². The highest BCUT2D eigenvalue weighted by atomic mass is 16.3. The summed E-state index contributed by atoms with van der Waals surface area (Å²) >= 11 is 0. The second-order valence-corrected chi connectivity index (χ2v) is 2.73. The molecule has 0 fully saturated rings. The molecule has 0 spiro atoms. The van der Waals surface area contributed by atoms with Crippen molar-refractivity contribution in [1.29, 1.82) is 0 Å². The van der Waals surface area contributed by atoms with Crippen LogP contribution in [0.15, 0.2) is 24.3 Å². The van der Waals surface area contributed by atoms with Gasteiger partial charge in [0.05, 0.1) is 0 Å². The molecular weight excluding hydrogens is 124 g/mol. The molecule has 0 radical (unpaired) electrons. The molecule has 0 aliphatic rings. The molecule has 0 saturated carbocycles. The van der Waals surface area contributed by atoms with Crippen LogP contribution in [0.5, 0.6) is 5.75 Å². The van der Waals surface area contributed by atoms with Crippen molar-refractivity contribution in [3.63, 3.8) is 0 Å². The van der Waals surface area contributed by atoms with Gasteiger partial charge in [0.1, 0.15) is 0 Å². The predicted molar refractivity (Wildman–Crippen MR) is 40.0 cm³/mol. The lowest BCUT2D eigenvalue weighted by Crippen LogP contribution is -1.92. The average molecular weight is 135 g/mol. The van der Waals surface area contributed by atoms with Gasteiger partial charge in [-0.25, -0.2) is 0 Å². The molecule has 1 nitrogen and oxygen atoms in total. The molecule has 0 N–H and O–H groups in total. The average Bonchev–Trinajstić information content (AvgIpc) is 1.88. The van der Waals surface area contributed by atoms with E-state index in [4.69, 9.17) is 0 Å². The van der Waals surface area contributed by atoms with Crippen LogP contribution in [0.25, 0.3) is 0 Å².